The molecule has 5 heteroatoms. The van der Waals surface area contributed by atoms with E-state index in [9.17, 15) is 4.79 Å². The van der Waals surface area contributed by atoms with Gasteiger partial charge in [-0.25, -0.2) is 0 Å². The lowest BCUT2D eigenvalue weighted by atomic mass is 10.0. The maximum Gasteiger partial charge on any atom is 0.224 e. The summed E-state index contributed by atoms with van der Waals surface area (Å²) in [6.07, 6.45) is 4.06. The number of rotatable bonds is 4. The number of hydrogen-bond donors (Lipinski definition) is 1. The van der Waals surface area contributed by atoms with E-state index in [0.717, 1.165) is 25.9 Å². The topological polar surface area (TPSA) is 41.6 Å². The Morgan fingerprint density at radius 2 is 2.26 bits per heavy atom. The van der Waals surface area contributed by atoms with Crippen LogP contribution in [0.25, 0.3) is 0 Å². The van der Waals surface area contributed by atoms with E-state index in [1.165, 1.54) is 6.42 Å². The third-order valence-corrected chi connectivity index (χ3v) is 3.87. The summed E-state index contributed by atoms with van der Waals surface area (Å²) in [6.45, 7) is 7.64. The molecular formula is C14H27ClN2O2. The van der Waals surface area contributed by atoms with Gasteiger partial charge in [-0.3, -0.25) is 4.79 Å². The highest BCUT2D eigenvalue weighted by atomic mass is 35.5. The van der Waals surface area contributed by atoms with Gasteiger partial charge in [0.2, 0.25) is 5.91 Å². The number of nitrogens with one attached hydrogen (secondary N) is 1. The average molecular weight is 291 g/mol. The summed E-state index contributed by atoms with van der Waals surface area (Å²) in [6, 6.07) is 0.688. The van der Waals surface area contributed by atoms with Gasteiger partial charge in [-0.1, -0.05) is 13.8 Å². The minimum atomic E-state index is 0. The molecule has 2 heterocycles. The van der Waals surface area contributed by atoms with Crippen LogP contribution in [0.3, 0.4) is 0 Å². The molecule has 19 heavy (non-hydrogen) atoms. The van der Waals surface area contributed by atoms with Gasteiger partial charge in [0.05, 0.1) is 19.3 Å². The second-order valence-corrected chi connectivity index (χ2v) is 5.94. The molecule has 2 aliphatic rings. The lowest BCUT2D eigenvalue weighted by molar-refractivity contribution is -0.140. The van der Waals surface area contributed by atoms with Crippen molar-refractivity contribution in [2.75, 3.05) is 26.3 Å². The fourth-order valence-corrected chi connectivity index (χ4v) is 2.98. The van der Waals surface area contributed by atoms with Crippen LogP contribution < -0.4 is 5.32 Å². The molecule has 2 rings (SSSR count). The first-order chi connectivity index (χ1) is 8.66. The molecule has 1 N–H and O–H groups in total. The molecule has 2 atom stereocenters. The van der Waals surface area contributed by atoms with E-state index in [4.69, 9.17) is 4.74 Å². The third-order valence-electron chi connectivity index (χ3n) is 3.87. The van der Waals surface area contributed by atoms with Crippen molar-refractivity contribution in [2.45, 2.75) is 51.6 Å². The molecule has 0 aromatic heterocycles. The predicted octanol–water partition coefficient (Wildman–Crippen LogP) is 1.82. The molecule has 4 nitrogen and oxygen atoms in total. The Morgan fingerprint density at radius 3 is 2.89 bits per heavy atom. The predicted molar refractivity (Wildman–Crippen MR) is 78.7 cm³/mol. The molecule has 0 aromatic carbocycles. The zero-order valence-electron chi connectivity index (χ0n) is 12.1. The second kappa shape index (κ2) is 8.08. The van der Waals surface area contributed by atoms with Crippen LogP contribution in [0.15, 0.2) is 0 Å². The van der Waals surface area contributed by atoms with Crippen LogP contribution in [0.1, 0.15) is 39.5 Å². The zero-order chi connectivity index (χ0) is 13.0. The van der Waals surface area contributed by atoms with E-state index in [2.05, 4.69) is 24.1 Å². The molecule has 0 aromatic rings. The molecule has 1 amide bonds. The molecule has 0 aliphatic carbocycles. The van der Waals surface area contributed by atoms with Crippen molar-refractivity contribution in [1.82, 2.24) is 10.2 Å². The van der Waals surface area contributed by atoms with Crippen LogP contribution in [0.4, 0.5) is 0 Å². The lowest BCUT2D eigenvalue weighted by Gasteiger charge is -2.37. The van der Waals surface area contributed by atoms with Gasteiger partial charge < -0.3 is 15.0 Å². The molecule has 2 aliphatic heterocycles. The second-order valence-electron chi connectivity index (χ2n) is 5.94. The minimum absolute atomic E-state index is 0. The number of morpholine rings is 1. The maximum absolute atomic E-state index is 12.4. The molecular weight excluding hydrogens is 264 g/mol. The number of hydrogen-bond acceptors (Lipinski definition) is 3. The SMILES string of the molecule is CC(C)CC1COCCN1C(=O)CC1CCCN1.Cl. The first kappa shape index (κ1) is 16.7. The molecule has 0 spiro atoms. The number of amides is 1. The van der Waals surface area contributed by atoms with Crippen LogP contribution in [-0.4, -0.2) is 49.2 Å². The molecule has 2 unspecified atom stereocenters. The Labute approximate surface area is 122 Å². The summed E-state index contributed by atoms with van der Waals surface area (Å²) in [5, 5.41) is 3.40. The van der Waals surface area contributed by atoms with Crippen molar-refractivity contribution in [2.24, 2.45) is 5.92 Å². The zero-order valence-corrected chi connectivity index (χ0v) is 12.9. The van der Waals surface area contributed by atoms with Gasteiger partial charge in [0.15, 0.2) is 0 Å². The standard InChI is InChI=1S/C14H26N2O2.ClH/c1-11(2)8-13-10-18-7-6-16(13)14(17)9-12-4-3-5-15-12;/h11-13,15H,3-10H2,1-2H3;1H. The van der Waals surface area contributed by atoms with Gasteiger partial charge in [0.25, 0.3) is 0 Å². The van der Waals surface area contributed by atoms with Gasteiger partial charge in [0.1, 0.15) is 0 Å². The molecule has 2 saturated heterocycles. The summed E-state index contributed by atoms with van der Waals surface area (Å²) in [5.74, 6) is 0.917. The van der Waals surface area contributed by atoms with E-state index in [1.807, 2.05) is 0 Å². The normalized spacial score (nSPS) is 27.4. The number of halogens is 1. The van der Waals surface area contributed by atoms with E-state index < -0.39 is 0 Å². The molecule has 0 saturated carbocycles. The van der Waals surface area contributed by atoms with Gasteiger partial charge in [-0.05, 0) is 31.7 Å². The first-order valence-corrected chi connectivity index (χ1v) is 7.27. The van der Waals surface area contributed by atoms with E-state index >= 15 is 0 Å². The Bertz CT molecular complexity index is 281. The monoisotopic (exact) mass is 290 g/mol. The Hall–Kier alpha value is -0.320. The molecule has 0 bridgehead atoms. The fraction of sp³-hybridized carbons (Fsp3) is 0.929. The van der Waals surface area contributed by atoms with Crippen LogP contribution in [0.2, 0.25) is 0 Å². The first-order valence-electron chi connectivity index (χ1n) is 7.27. The molecule has 0 radical (unpaired) electrons. The van der Waals surface area contributed by atoms with Crippen molar-refractivity contribution >= 4 is 18.3 Å². The molecule has 112 valence electrons. The smallest absolute Gasteiger partial charge is 0.224 e. The summed E-state index contributed by atoms with van der Waals surface area (Å²) >= 11 is 0. The summed E-state index contributed by atoms with van der Waals surface area (Å²) in [7, 11) is 0. The van der Waals surface area contributed by atoms with Crippen LogP contribution >= 0.6 is 12.4 Å². The van der Waals surface area contributed by atoms with Crippen molar-refractivity contribution < 1.29 is 9.53 Å². The Morgan fingerprint density at radius 1 is 1.47 bits per heavy atom. The summed E-state index contributed by atoms with van der Waals surface area (Å²) < 4.78 is 5.52. The number of nitrogens with zero attached hydrogens (tertiary/aromatic N) is 1. The fourth-order valence-electron chi connectivity index (χ4n) is 2.98. The van der Waals surface area contributed by atoms with Gasteiger partial charge in [-0.15, -0.1) is 12.4 Å². The summed E-state index contributed by atoms with van der Waals surface area (Å²) in [5.41, 5.74) is 0. The number of carbonyl (C=O) groups is 1. The highest BCUT2D eigenvalue weighted by Gasteiger charge is 2.29. The maximum atomic E-state index is 12.4. The molecule has 2 fully saturated rings. The van der Waals surface area contributed by atoms with Crippen molar-refractivity contribution in [3.8, 4) is 0 Å². The van der Waals surface area contributed by atoms with E-state index in [1.54, 1.807) is 0 Å². The highest BCUT2D eigenvalue weighted by Crippen LogP contribution is 2.18. The minimum Gasteiger partial charge on any atom is -0.377 e. The van der Waals surface area contributed by atoms with Gasteiger partial charge >= 0.3 is 0 Å². The number of carbonyl (C=O) groups excluding carboxylic acids is 1. The van der Waals surface area contributed by atoms with Gasteiger partial charge in [0, 0.05) is 19.0 Å². The Balaban J connectivity index is 0.00000180. The highest BCUT2D eigenvalue weighted by molar-refractivity contribution is 5.85. The van der Waals surface area contributed by atoms with Crippen LogP contribution in [0.5, 0.6) is 0 Å². The van der Waals surface area contributed by atoms with Gasteiger partial charge in [-0.2, -0.15) is 0 Å². The van der Waals surface area contributed by atoms with Crippen LogP contribution in [0, 0.1) is 5.92 Å². The van der Waals surface area contributed by atoms with E-state index in [-0.39, 0.29) is 18.4 Å². The third kappa shape index (κ3) is 4.93. The van der Waals surface area contributed by atoms with Crippen molar-refractivity contribution in [3.05, 3.63) is 0 Å². The van der Waals surface area contributed by atoms with Crippen molar-refractivity contribution in [3.63, 3.8) is 0 Å². The van der Waals surface area contributed by atoms with Crippen molar-refractivity contribution in [1.29, 1.82) is 0 Å². The Kier molecular flexibility index (Phi) is 7.11. The van der Waals surface area contributed by atoms with E-state index in [0.29, 0.717) is 37.5 Å². The average Bonchev–Trinajstić information content (AvgIpc) is 2.81. The lowest BCUT2D eigenvalue weighted by Crippen LogP contribution is -2.50. The largest absolute Gasteiger partial charge is 0.377 e. The summed E-state index contributed by atoms with van der Waals surface area (Å²) in [4.78, 5) is 14.4. The quantitative estimate of drug-likeness (QED) is 0.859. The van der Waals surface area contributed by atoms with Crippen LogP contribution in [-0.2, 0) is 9.53 Å². The number of ether oxygens (including phenoxy) is 1.